The highest BCUT2D eigenvalue weighted by molar-refractivity contribution is 5.77. The highest BCUT2D eigenvalue weighted by atomic mass is 16.5. The molecule has 0 fully saturated rings. The minimum atomic E-state index is -0.529. The monoisotopic (exact) mass is 482 g/mol. The third-order valence-corrected chi connectivity index (χ3v) is 6.41. The molecule has 0 unspecified atom stereocenters. The van der Waals surface area contributed by atoms with E-state index in [0.717, 1.165) is 25.7 Å². The van der Waals surface area contributed by atoms with Gasteiger partial charge in [-0.3, -0.25) is 9.59 Å². The lowest BCUT2D eigenvalue weighted by Gasteiger charge is -2.19. The summed E-state index contributed by atoms with van der Waals surface area (Å²) in [6.07, 6.45) is 22.9. The molecule has 2 N–H and O–H groups in total. The number of esters is 1. The number of unbranched alkanes of at least 4 members (excludes halogenated alkanes) is 16. The molecule has 0 aromatic carbocycles. The van der Waals surface area contributed by atoms with E-state index in [1.54, 1.807) is 0 Å². The van der Waals surface area contributed by atoms with Gasteiger partial charge in [0, 0.05) is 6.42 Å². The van der Waals surface area contributed by atoms with E-state index >= 15 is 0 Å². The number of nitrogens with one attached hydrogen (secondary N) is 1. The molecular formula is C29H56NO4. The fourth-order valence-electron chi connectivity index (χ4n) is 4.25. The molecule has 0 aromatic heterocycles. The number of hydrogen-bond acceptors (Lipinski definition) is 4. The maximum absolute atomic E-state index is 12.4. The Kier molecular flexibility index (Phi) is 24.2. The summed E-state index contributed by atoms with van der Waals surface area (Å²) in [7, 11) is 0. The molecule has 5 nitrogen and oxygen atoms in total. The third kappa shape index (κ3) is 22.7. The van der Waals surface area contributed by atoms with Crippen molar-refractivity contribution in [2.24, 2.45) is 0 Å². The molecule has 2 atom stereocenters. The van der Waals surface area contributed by atoms with Crippen LogP contribution in [0.3, 0.4) is 0 Å². The molecule has 0 bridgehead atoms. The SMILES string of the molecule is [CH2][C@@H](CO)NC(=O)C[C@@H](CCCCCCCCCCC)OC(=O)CCCCCCCCCCC. The van der Waals surface area contributed by atoms with Crippen molar-refractivity contribution in [3.63, 3.8) is 0 Å². The predicted octanol–water partition coefficient (Wildman–Crippen LogP) is 7.44. The highest BCUT2D eigenvalue weighted by Gasteiger charge is 2.19. The average Bonchev–Trinajstić information content (AvgIpc) is 2.81. The Labute approximate surface area is 211 Å². The van der Waals surface area contributed by atoms with Crippen LogP contribution in [0.5, 0.6) is 0 Å². The van der Waals surface area contributed by atoms with Crippen LogP contribution in [0.1, 0.15) is 149 Å². The van der Waals surface area contributed by atoms with Crippen molar-refractivity contribution in [1.82, 2.24) is 5.32 Å². The normalized spacial score (nSPS) is 12.9. The summed E-state index contributed by atoms with van der Waals surface area (Å²) < 4.78 is 5.70. The summed E-state index contributed by atoms with van der Waals surface area (Å²) in [5, 5.41) is 11.8. The van der Waals surface area contributed by atoms with E-state index < -0.39 is 6.04 Å². The number of rotatable bonds is 25. The van der Waals surface area contributed by atoms with Gasteiger partial charge in [0.1, 0.15) is 6.10 Å². The Morgan fingerprint density at radius 2 is 1.18 bits per heavy atom. The molecule has 1 amide bonds. The molecule has 0 aliphatic rings. The molecule has 0 saturated heterocycles. The van der Waals surface area contributed by atoms with Gasteiger partial charge in [0.15, 0.2) is 0 Å². The van der Waals surface area contributed by atoms with Gasteiger partial charge in [-0.15, -0.1) is 0 Å². The lowest BCUT2D eigenvalue weighted by molar-refractivity contribution is -0.151. The molecular weight excluding hydrogens is 426 g/mol. The molecule has 0 aromatic rings. The van der Waals surface area contributed by atoms with E-state index in [9.17, 15) is 9.59 Å². The molecule has 34 heavy (non-hydrogen) atoms. The molecule has 0 heterocycles. The molecule has 0 spiro atoms. The predicted molar refractivity (Wildman–Crippen MR) is 143 cm³/mol. The molecule has 5 heteroatoms. The largest absolute Gasteiger partial charge is 0.462 e. The van der Waals surface area contributed by atoms with E-state index in [2.05, 4.69) is 26.1 Å². The molecule has 0 saturated carbocycles. The average molecular weight is 483 g/mol. The first-order valence-electron chi connectivity index (χ1n) is 14.5. The molecule has 0 rings (SSSR count). The second kappa shape index (κ2) is 25.0. The number of carbonyl (C=O) groups is 2. The fourth-order valence-corrected chi connectivity index (χ4v) is 4.25. The number of hydrogen-bond donors (Lipinski definition) is 2. The number of carbonyl (C=O) groups excluding carboxylic acids is 2. The minimum Gasteiger partial charge on any atom is -0.462 e. The van der Waals surface area contributed by atoms with Crippen molar-refractivity contribution in [3.8, 4) is 0 Å². The van der Waals surface area contributed by atoms with Crippen molar-refractivity contribution in [3.05, 3.63) is 6.92 Å². The van der Waals surface area contributed by atoms with E-state index in [-0.39, 0.29) is 31.0 Å². The fraction of sp³-hybridized carbons (Fsp3) is 0.897. The Hall–Kier alpha value is -1.10. The molecule has 0 aliphatic heterocycles. The Morgan fingerprint density at radius 3 is 1.65 bits per heavy atom. The van der Waals surface area contributed by atoms with Crippen LogP contribution in [0.15, 0.2) is 0 Å². The third-order valence-electron chi connectivity index (χ3n) is 6.41. The van der Waals surface area contributed by atoms with Crippen molar-refractivity contribution in [2.45, 2.75) is 161 Å². The summed E-state index contributed by atoms with van der Waals surface area (Å²) in [4.78, 5) is 24.6. The van der Waals surface area contributed by atoms with E-state index in [4.69, 9.17) is 9.84 Å². The zero-order chi connectivity index (χ0) is 25.3. The van der Waals surface area contributed by atoms with Gasteiger partial charge in [0.2, 0.25) is 5.91 Å². The lowest BCUT2D eigenvalue weighted by Crippen LogP contribution is -2.37. The van der Waals surface area contributed by atoms with Gasteiger partial charge >= 0.3 is 5.97 Å². The second-order valence-corrected chi connectivity index (χ2v) is 9.96. The first-order valence-corrected chi connectivity index (χ1v) is 14.5. The molecule has 1 radical (unpaired) electrons. The standard InChI is InChI=1S/C29H56NO4/c1-4-6-8-10-12-14-16-18-20-22-27(24-28(32)30-26(3)25-31)34-29(33)23-21-19-17-15-13-11-9-7-5-2/h26-27,31H,3-25H2,1-2H3,(H,30,32)/t26-,27+/m0/s1. The van der Waals surface area contributed by atoms with Gasteiger partial charge in [0.05, 0.1) is 19.1 Å². The van der Waals surface area contributed by atoms with Gasteiger partial charge in [-0.2, -0.15) is 0 Å². The zero-order valence-corrected chi connectivity index (χ0v) is 22.6. The van der Waals surface area contributed by atoms with E-state index in [1.807, 2.05) is 0 Å². The minimum absolute atomic E-state index is 0.145. The van der Waals surface area contributed by atoms with Crippen LogP contribution < -0.4 is 5.32 Å². The van der Waals surface area contributed by atoms with Crippen LogP contribution in [0.4, 0.5) is 0 Å². The van der Waals surface area contributed by atoms with Gasteiger partial charge < -0.3 is 15.2 Å². The van der Waals surface area contributed by atoms with Crippen LogP contribution in [0, 0.1) is 6.92 Å². The quantitative estimate of drug-likeness (QED) is 0.105. The summed E-state index contributed by atoms with van der Waals surface area (Å²) in [5.74, 6) is -0.407. The topological polar surface area (TPSA) is 75.6 Å². The van der Waals surface area contributed by atoms with Crippen LogP contribution in [-0.2, 0) is 14.3 Å². The van der Waals surface area contributed by atoms with Crippen molar-refractivity contribution < 1.29 is 19.4 Å². The number of aliphatic hydroxyl groups is 1. The van der Waals surface area contributed by atoms with Crippen molar-refractivity contribution >= 4 is 11.9 Å². The lowest BCUT2D eigenvalue weighted by atomic mass is 10.0. The van der Waals surface area contributed by atoms with Gasteiger partial charge in [0.25, 0.3) is 0 Å². The summed E-state index contributed by atoms with van der Waals surface area (Å²) in [5.41, 5.74) is 0. The molecule has 201 valence electrons. The maximum Gasteiger partial charge on any atom is 0.306 e. The molecule has 0 aliphatic carbocycles. The smallest absolute Gasteiger partial charge is 0.306 e. The summed E-state index contributed by atoms with van der Waals surface area (Å²) in [6.45, 7) is 7.95. The highest BCUT2D eigenvalue weighted by Crippen LogP contribution is 2.16. The Bertz CT molecular complexity index is 469. The van der Waals surface area contributed by atoms with Crippen LogP contribution in [0.2, 0.25) is 0 Å². The van der Waals surface area contributed by atoms with Crippen molar-refractivity contribution in [2.75, 3.05) is 6.61 Å². The number of aliphatic hydroxyl groups excluding tert-OH is 1. The summed E-state index contributed by atoms with van der Waals surface area (Å²) in [6, 6.07) is -0.529. The first-order chi connectivity index (χ1) is 16.5. The van der Waals surface area contributed by atoms with Gasteiger partial charge in [-0.05, 0) is 26.2 Å². The van der Waals surface area contributed by atoms with Gasteiger partial charge in [-0.25, -0.2) is 0 Å². The van der Waals surface area contributed by atoms with E-state index in [0.29, 0.717) is 12.8 Å². The van der Waals surface area contributed by atoms with Crippen LogP contribution in [-0.4, -0.2) is 35.7 Å². The van der Waals surface area contributed by atoms with Crippen LogP contribution >= 0.6 is 0 Å². The number of ether oxygens (including phenoxy) is 1. The van der Waals surface area contributed by atoms with Crippen LogP contribution in [0.25, 0.3) is 0 Å². The van der Waals surface area contributed by atoms with E-state index in [1.165, 1.54) is 89.9 Å². The zero-order valence-electron chi connectivity index (χ0n) is 22.6. The Balaban J connectivity index is 4.15. The Morgan fingerprint density at radius 1 is 0.735 bits per heavy atom. The summed E-state index contributed by atoms with van der Waals surface area (Å²) >= 11 is 0. The first kappa shape index (κ1) is 32.9. The number of amides is 1. The maximum atomic E-state index is 12.4. The second-order valence-electron chi connectivity index (χ2n) is 9.96. The van der Waals surface area contributed by atoms with Crippen molar-refractivity contribution in [1.29, 1.82) is 0 Å². The van der Waals surface area contributed by atoms with Gasteiger partial charge in [-0.1, -0.05) is 117 Å².